The smallest absolute Gasteiger partial charge is 0.255 e. The third-order valence-corrected chi connectivity index (χ3v) is 10.1. The van der Waals surface area contributed by atoms with E-state index in [4.69, 9.17) is 9.97 Å². The van der Waals surface area contributed by atoms with Crippen molar-refractivity contribution >= 4 is 56.6 Å². The van der Waals surface area contributed by atoms with Gasteiger partial charge in [0.05, 0.1) is 22.1 Å². The molecule has 4 N–H and O–H groups in total. The highest BCUT2D eigenvalue weighted by atomic mass is 16.2. The van der Waals surface area contributed by atoms with Crippen LogP contribution in [0.25, 0.3) is 44.8 Å². The average molecular weight is 687 g/mol. The predicted molar refractivity (Wildman–Crippen MR) is 208 cm³/mol. The number of aromatic amines is 2. The van der Waals surface area contributed by atoms with Gasteiger partial charge in [-0.1, -0.05) is 18.2 Å². The molecule has 10 heteroatoms. The molecule has 2 aliphatic rings. The van der Waals surface area contributed by atoms with Gasteiger partial charge >= 0.3 is 0 Å². The van der Waals surface area contributed by atoms with Crippen LogP contribution in [0.15, 0.2) is 109 Å². The van der Waals surface area contributed by atoms with E-state index in [0.29, 0.717) is 34.2 Å². The third-order valence-electron chi connectivity index (χ3n) is 10.1. The minimum atomic E-state index is -0.154. The van der Waals surface area contributed by atoms with E-state index in [2.05, 4.69) is 30.4 Å². The molecule has 0 aliphatic carbocycles. The van der Waals surface area contributed by atoms with E-state index in [-0.39, 0.29) is 11.8 Å². The van der Waals surface area contributed by atoms with Gasteiger partial charge in [-0.15, -0.1) is 0 Å². The lowest BCUT2D eigenvalue weighted by atomic mass is 10.1. The Kier molecular flexibility index (Phi) is 8.11. The normalized spacial score (nSPS) is 14.4. The van der Waals surface area contributed by atoms with Gasteiger partial charge < -0.3 is 30.4 Å². The molecule has 0 unspecified atom stereocenters. The Labute approximate surface area is 300 Å². The molecule has 5 aromatic carbocycles. The summed E-state index contributed by atoms with van der Waals surface area (Å²) in [6.45, 7) is 4.28. The standard InChI is InChI=1S/C42H38N8O2/c51-41(27-8-14-33(15-9-27)49-20-1-2-21-49)43-31-12-18-35-37(25-31)47-39(45-35)29-6-5-7-30(24-29)40-46-36-19-13-32(26-38(36)48-40)44-42(52)28-10-16-34(17-11-28)50-22-3-4-23-50/h5-19,24-26H,1-4,20-23H2,(H,43,51)(H,44,52)(H,45,47)(H,46,48). The number of aromatic nitrogens is 4. The van der Waals surface area contributed by atoms with Crippen molar-refractivity contribution in [1.29, 1.82) is 0 Å². The van der Waals surface area contributed by atoms with Gasteiger partial charge in [0.1, 0.15) is 11.6 Å². The van der Waals surface area contributed by atoms with E-state index in [9.17, 15) is 9.59 Å². The summed E-state index contributed by atoms with van der Waals surface area (Å²) in [7, 11) is 0. The quantitative estimate of drug-likeness (QED) is 0.127. The number of amides is 2. The highest BCUT2D eigenvalue weighted by Crippen LogP contribution is 2.29. The minimum Gasteiger partial charge on any atom is -0.372 e. The Morgan fingerprint density at radius 2 is 0.942 bits per heavy atom. The number of hydrogen-bond donors (Lipinski definition) is 4. The number of hydrogen-bond acceptors (Lipinski definition) is 6. The van der Waals surface area contributed by atoms with Gasteiger partial charge in [0.2, 0.25) is 0 Å². The number of H-pyrrole nitrogens is 2. The fourth-order valence-corrected chi connectivity index (χ4v) is 7.26. The highest BCUT2D eigenvalue weighted by molar-refractivity contribution is 6.06. The van der Waals surface area contributed by atoms with E-state index < -0.39 is 0 Å². The van der Waals surface area contributed by atoms with Crippen molar-refractivity contribution < 1.29 is 9.59 Å². The number of benzene rings is 5. The molecule has 2 saturated heterocycles. The monoisotopic (exact) mass is 686 g/mol. The Morgan fingerprint density at radius 3 is 1.37 bits per heavy atom. The first-order valence-electron chi connectivity index (χ1n) is 18.0. The Hall–Kier alpha value is -6.42. The van der Waals surface area contributed by atoms with Crippen molar-refractivity contribution in [3.05, 3.63) is 120 Å². The van der Waals surface area contributed by atoms with Crippen LogP contribution in [-0.2, 0) is 0 Å². The summed E-state index contributed by atoms with van der Waals surface area (Å²) in [5.41, 5.74) is 9.98. The van der Waals surface area contributed by atoms with Crippen molar-refractivity contribution in [2.75, 3.05) is 46.6 Å². The van der Waals surface area contributed by atoms with Crippen molar-refractivity contribution in [3.8, 4) is 22.8 Å². The van der Waals surface area contributed by atoms with Gasteiger partial charge in [0.25, 0.3) is 11.8 Å². The second kappa shape index (κ2) is 13.4. The molecule has 9 rings (SSSR count). The van der Waals surface area contributed by atoms with Gasteiger partial charge in [0.15, 0.2) is 0 Å². The maximum atomic E-state index is 13.0. The van der Waals surface area contributed by atoms with Gasteiger partial charge in [0, 0.05) is 71.2 Å². The van der Waals surface area contributed by atoms with Crippen molar-refractivity contribution in [2.24, 2.45) is 0 Å². The van der Waals surface area contributed by atoms with E-state index in [1.54, 1.807) is 0 Å². The van der Waals surface area contributed by atoms with E-state index in [0.717, 1.165) is 70.7 Å². The number of carbonyl (C=O) groups is 2. The van der Waals surface area contributed by atoms with E-state index >= 15 is 0 Å². The average Bonchev–Trinajstić information content (AvgIpc) is 4.02. The number of rotatable bonds is 8. The van der Waals surface area contributed by atoms with Crippen LogP contribution in [0.5, 0.6) is 0 Å². The molecule has 2 aliphatic heterocycles. The Bertz CT molecular complexity index is 2250. The Morgan fingerprint density at radius 1 is 0.519 bits per heavy atom. The number of nitrogens with one attached hydrogen (secondary N) is 4. The molecule has 0 spiro atoms. The molecule has 258 valence electrons. The second-order valence-corrected chi connectivity index (χ2v) is 13.6. The summed E-state index contributed by atoms with van der Waals surface area (Å²) in [6.07, 6.45) is 4.86. The van der Waals surface area contributed by atoms with Gasteiger partial charge in [-0.2, -0.15) is 0 Å². The lowest BCUT2D eigenvalue weighted by molar-refractivity contribution is 0.101. The van der Waals surface area contributed by atoms with Crippen LogP contribution in [-0.4, -0.2) is 57.9 Å². The largest absolute Gasteiger partial charge is 0.372 e. The first-order valence-corrected chi connectivity index (χ1v) is 18.0. The fourth-order valence-electron chi connectivity index (χ4n) is 7.26. The number of nitrogens with zero attached hydrogens (tertiary/aromatic N) is 4. The molecule has 4 heterocycles. The molecule has 2 amide bonds. The van der Waals surface area contributed by atoms with Gasteiger partial charge in [-0.25, -0.2) is 9.97 Å². The highest BCUT2D eigenvalue weighted by Gasteiger charge is 2.16. The first-order chi connectivity index (χ1) is 25.5. The van der Waals surface area contributed by atoms with Crippen LogP contribution in [0.1, 0.15) is 46.4 Å². The first kappa shape index (κ1) is 31.6. The second-order valence-electron chi connectivity index (χ2n) is 13.6. The van der Waals surface area contributed by atoms with Crippen LogP contribution >= 0.6 is 0 Å². The summed E-state index contributed by atoms with van der Waals surface area (Å²) in [5, 5.41) is 6.04. The van der Waals surface area contributed by atoms with Crippen LogP contribution < -0.4 is 20.4 Å². The molecule has 0 bridgehead atoms. The SMILES string of the molecule is O=C(Nc1ccc2[nH]c(-c3cccc(-c4nc5cc(NC(=O)c6ccc(N7CCCC7)cc6)ccc5[nH]4)c3)nc2c1)c1ccc(N2CCCC2)cc1. The molecule has 52 heavy (non-hydrogen) atoms. The molecule has 2 fully saturated rings. The zero-order valence-corrected chi connectivity index (χ0v) is 28.7. The molecular weight excluding hydrogens is 649 g/mol. The van der Waals surface area contributed by atoms with Crippen LogP contribution in [0, 0.1) is 0 Å². The topological polar surface area (TPSA) is 122 Å². The number of fused-ring (bicyclic) bond motifs is 2. The lowest BCUT2D eigenvalue weighted by Gasteiger charge is -2.17. The summed E-state index contributed by atoms with van der Waals surface area (Å²) in [6, 6.07) is 35.1. The summed E-state index contributed by atoms with van der Waals surface area (Å²) >= 11 is 0. The zero-order valence-electron chi connectivity index (χ0n) is 28.7. The summed E-state index contributed by atoms with van der Waals surface area (Å²) in [4.78, 5) is 47.3. The van der Waals surface area contributed by atoms with Gasteiger partial charge in [-0.3, -0.25) is 9.59 Å². The molecule has 0 saturated carbocycles. The maximum Gasteiger partial charge on any atom is 0.255 e. The number of anilines is 4. The molecular formula is C42H38N8O2. The van der Waals surface area contributed by atoms with E-state index in [1.807, 2.05) is 109 Å². The van der Waals surface area contributed by atoms with Crippen LogP contribution in [0.4, 0.5) is 22.7 Å². The zero-order chi connectivity index (χ0) is 35.0. The molecule has 0 atom stereocenters. The third kappa shape index (κ3) is 6.35. The fraction of sp³-hybridized carbons (Fsp3) is 0.190. The number of imidazole rings is 2. The maximum absolute atomic E-state index is 13.0. The summed E-state index contributed by atoms with van der Waals surface area (Å²) < 4.78 is 0. The van der Waals surface area contributed by atoms with E-state index in [1.165, 1.54) is 25.7 Å². The molecule has 7 aromatic rings. The van der Waals surface area contributed by atoms with Crippen molar-refractivity contribution in [1.82, 2.24) is 19.9 Å². The Balaban J connectivity index is 0.886. The van der Waals surface area contributed by atoms with Crippen molar-refractivity contribution in [3.63, 3.8) is 0 Å². The number of carbonyl (C=O) groups excluding carboxylic acids is 2. The van der Waals surface area contributed by atoms with Crippen LogP contribution in [0.3, 0.4) is 0 Å². The predicted octanol–water partition coefficient (Wildman–Crippen LogP) is 8.48. The minimum absolute atomic E-state index is 0.154. The molecule has 0 radical (unpaired) electrons. The molecule has 10 nitrogen and oxygen atoms in total. The van der Waals surface area contributed by atoms with Crippen molar-refractivity contribution in [2.45, 2.75) is 25.7 Å². The van der Waals surface area contributed by atoms with Crippen LogP contribution in [0.2, 0.25) is 0 Å². The lowest BCUT2D eigenvalue weighted by Crippen LogP contribution is -2.18. The summed E-state index contributed by atoms with van der Waals surface area (Å²) in [5.74, 6) is 1.12. The van der Waals surface area contributed by atoms with Gasteiger partial charge in [-0.05, 0) is 117 Å². The molecule has 2 aromatic heterocycles.